The number of carbonyl (C=O) groups excluding carboxylic acids is 2. The molecule has 2 N–H and O–H groups in total. The summed E-state index contributed by atoms with van der Waals surface area (Å²) >= 11 is 0. The van der Waals surface area contributed by atoms with Crippen molar-refractivity contribution in [1.82, 2.24) is 0 Å². The number of hydrogen-bond acceptors (Lipinski definition) is 6. The number of aliphatic hydroxyl groups excluding tert-OH is 2. The first kappa shape index (κ1) is 24.7. The minimum absolute atomic E-state index is 0.0521. The molecule has 6 nitrogen and oxygen atoms in total. The van der Waals surface area contributed by atoms with E-state index in [-0.39, 0.29) is 23.0 Å². The number of aliphatic hydroxyl groups is 2. The summed E-state index contributed by atoms with van der Waals surface area (Å²) in [5, 5.41) is 19.4. The molecule has 0 amide bonds. The van der Waals surface area contributed by atoms with Crippen LogP contribution in [0.5, 0.6) is 0 Å². The SMILES string of the molecule is CC1=C(O)/C(=C/[C@H](C)CC/C=C(\C)CC/C=C(/C)CCCC2=CC(=O)OC2O)OC1=O. The third kappa shape index (κ3) is 7.87. The Labute approximate surface area is 184 Å². The molecule has 1 unspecified atom stereocenters. The lowest BCUT2D eigenvalue weighted by molar-refractivity contribution is -0.151. The van der Waals surface area contributed by atoms with Crippen molar-refractivity contribution in [3.63, 3.8) is 0 Å². The Morgan fingerprint density at radius 3 is 2.45 bits per heavy atom. The smallest absolute Gasteiger partial charge is 0.343 e. The van der Waals surface area contributed by atoms with Crippen LogP contribution in [0, 0.1) is 5.92 Å². The highest BCUT2D eigenvalue weighted by molar-refractivity contribution is 5.93. The van der Waals surface area contributed by atoms with Gasteiger partial charge in [-0.3, -0.25) is 0 Å². The first-order valence-corrected chi connectivity index (χ1v) is 10.9. The van der Waals surface area contributed by atoms with Gasteiger partial charge in [-0.15, -0.1) is 0 Å². The van der Waals surface area contributed by atoms with E-state index in [0.717, 1.165) is 38.5 Å². The number of hydrogen-bond donors (Lipinski definition) is 2. The zero-order valence-electron chi connectivity index (χ0n) is 18.9. The molecule has 0 aliphatic carbocycles. The molecule has 2 rings (SSSR count). The van der Waals surface area contributed by atoms with Crippen molar-refractivity contribution in [2.24, 2.45) is 5.92 Å². The summed E-state index contributed by atoms with van der Waals surface area (Å²) in [5.41, 5.74) is 3.57. The largest absolute Gasteiger partial charge is 0.504 e. The van der Waals surface area contributed by atoms with Gasteiger partial charge in [0.25, 0.3) is 0 Å². The molecule has 2 atom stereocenters. The molecule has 2 aliphatic heterocycles. The van der Waals surface area contributed by atoms with Crippen LogP contribution in [0.3, 0.4) is 0 Å². The third-order valence-electron chi connectivity index (χ3n) is 5.56. The van der Waals surface area contributed by atoms with E-state index in [0.29, 0.717) is 12.0 Å². The number of esters is 2. The topological polar surface area (TPSA) is 93.1 Å². The summed E-state index contributed by atoms with van der Waals surface area (Å²) in [7, 11) is 0. The predicted octanol–water partition coefficient (Wildman–Crippen LogP) is 5.32. The Morgan fingerprint density at radius 2 is 1.84 bits per heavy atom. The number of ether oxygens (including phenoxy) is 2. The second kappa shape index (κ2) is 11.7. The molecule has 0 saturated carbocycles. The lowest BCUT2D eigenvalue weighted by atomic mass is 10.0. The first-order valence-electron chi connectivity index (χ1n) is 10.9. The maximum absolute atomic E-state index is 11.4. The van der Waals surface area contributed by atoms with E-state index in [4.69, 9.17) is 4.74 Å². The van der Waals surface area contributed by atoms with Gasteiger partial charge in [-0.2, -0.15) is 0 Å². The Balaban J connectivity index is 1.65. The van der Waals surface area contributed by atoms with E-state index in [1.807, 2.05) is 13.0 Å². The van der Waals surface area contributed by atoms with Crippen LogP contribution in [0.15, 0.2) is 58.1 Å². The second-order valence-electron chi connectivity index (χ2n) is 8.45. The monoisotopic (exact) mass is 430 g/mol. The summed E-state index contributed by atoms with van der Waals surface area (Å²) in [5.74, 6) is -0.531. The molecule has 0 aromatic carbocycles. The first-order chi connectivity index (χ1) is 14.7. The zero-order valence-corrected chi connectivity index (χ0v) is 18.9. The summed E-state index contributed by atoms with van der Waals surface area (Å²) in [6.45, 7) is 7.84. The number of rotatable bonds is 11. The van der Waals surface area contributed by atoms with Gasteiger partial charge in [-0.1, -0.05) is 30.2 Å². The molecule has 2 aliphatic rings. The second-order valence-corrected chi connectivity index (χ2v) is 8.45. The van der Waals surface area contributed by atoms with E-state index < -0.39 is 18.2 Å². The summed E-state index contributed by atoms with van der Waals surface area (Å²) < 4.78 is 9.75. The molecular formula is C25H34O6. The highest BCUT2D eigenvalue weighted by Crippen LogP contribution is 2.26. The van der Waals surface area contributed by atoms with Gasteiger partial charge < -0.3 is 19.7 Å². The molecule has 31 heavy (non-hydrogen) atoms. The standard InChI is InChI=1S/C25H34O6/c1-16(10-6-12-18(3)14-21-23(27)19(4)24(28)30-21)8-5-9-17(2)11-7-13-20-15-22(26)31-25(20)29/h9-10,14-15,18,25,27,29H,5-8,11-13H2,1-4H3/b16-10+,17-9-,21-14-/t18-,25?/m1/s1. The highest BCUT2D eigenvalue weighted by Gasteiger charge is 2.26. The molecule has 0 radical (unpaired) electrons. The quantitative estimate of drug-likeness (QED) is 0.340. The summed E-state index contributed by atoms with van der Waals surface area (Å²) in [6, 6.07) is 0. The van der Waals surface area contributed by atoms with Gasteiger partial charge in [-0.05, 0) is 77.7 Å². The van der Waals surface area contributed by atoms with Gasteiger partial charge in [0.1, 0.15) is 0 Å². The van der Waals surface area contributed by atoms with Crippen molar-refractivity contribution in [3.8, 4) is 0 Å². The van der Waals surface area contributed by atoms with Crippen LogP contribution < -0.4 is 0 Å². The molecule has 0 saturated heterocycles. The van der Waals surface area contributed by atoms with Crippen molar-refractivity contribution in [1.29, 1.82) is 0 Å². The van der Waals surface area contributed by atoms with Crippen LogP contribution >= 0.6 is 0 Å². The highest BCUT2D eigenvalue weighted by atomic mass is 16.6. The zero-order chi connectivity index (χ0) is 23.0. The maximum atomic E-state index is 11.4. The third-order valence-corrected chi connectivity index (χ3v) is 5.56. The van der Waals surface area contributed by atoms with E-state index in [1.165, 1.54) is 17.2 Å². The number of carbonyl (C=O) groups is 2. The van der Waals surface area contributed by atoms with E-state index >= 15 is 0 Å². The lowest BCUT2D eigenvalue weighted by Crippen LogP contribution is -2.09. The van der Waals surface area contributed by atoms with Gasteiger partial charge in [0.2, 0.25) is 6.29 Å². The van der Waals surface area contributed by atoms with E-state index in [1.54, 1.807) is 6.92 Å². The minimum Gasteiger partial charge on any atom is -0.504 e. The Morgan fingerprint density at radius 1 is 1.16 bits per heavy atom. The van der Waals surface area contributed by atoms with Crippen LogP contribution in [0.25, 0.3) is 0 Å². The van der Waals surface area contributed by atoms with Crippen molar-refractivity contribution >= 4 is 11.9 Å². The van der Waals surface area contributed by atoms with Crippen LogP contribution in [-0.4, -0.2) is 28.4 Å². The average Bonchev–Trinajstić information content (AvgIpc) is 3.14. The lowest BCUT2D eigenvalue weighted by Gasteiger charge is -2.08. The van der Waals surface area contributed by atoms with Crippen molar-refractivity contribution in [2.45, 2.75) is 78.9 Å². The maximum Gasteiger partial charge on any atom is 0.343 e. The number of cyclic esters (lactones) is 2. The molecule has 0 aromatic heterocycles. The van der Waals surface area contributed by atoms with Crippen molar-refractivity contribution < 1.29 is 29.3 Å². The molecular weight excluding hydrogens is 396 g/mol. The van der Waals surface area contributed by atoms with E-state index in [2.05, 4.69) is 30.7 Å². The van der Waals surface area contributed by atoms with E-state index in [9.17, 15) is 19.8 Å². The molecule has 2 heterocycles. The molecule has 0 fully saturated rings. The average molecular weight is 431 g/mol. The normalized spacial score (nSPS) is 22.2. The van der Waals surface area contributed by atoms with Crippen LogP contribution in [0.4, 0.5) is 0 Å². The molecule has 170 valence electrons. The Kier molecular flexibility index (Phi) is 9.31. The van der Waals surface area contributed by atoms with Gasteiger partial charge in [0, 0.05) is 11.6 Å². The fourth-order valence-corrected chi connectivity index (χ4v) is 3.51. The van der Waals surface area contributed by atoms with Gasteiger partial charge >= 0.3 is 11.9 Å². The van der Waals surface area contributed by atoms with Crippen molar-refractivity contribution in [3.05, 3.63) is 58.1 Å². The van der Waals surface area contributed by atoms with Gasteiger partial charge in [-0.25, -0.2) is 9.59 Å². The Bertz CT molecular complexity index is 840. The molecule has 0 bridgehead atoms. The molecule has 0 aromatic rings. The molecule has 6 heteroatoms. The van der Waals surface area contributed by atoms with Gasteiger partial charge in [0.15, 0.2) is 11.5 Å². The van der Waals surface area contributed by atoms with Crippen LogP contribution in [-0.2, 0) is 19.1 Å². The van der Waals surface area contributed by atoms with Gasteiger partial charge in [0.05, 0.1) is 5.57 Å². The minimum atomic E-state index is -1.07. The fraction of sp³-hybridized carbons (Fsp3) is 0.520. The summed E-state index contributed by atoms with van der Waals surface area (Å²) in [6.07, 6.45) is 12.9. The van der Waals surface area contributed by atoms with Crippen LogP contribution in [0.1, 0.15) is 72.6 Å². The van der Waals surface area contributed by atoms with Crippen LogP contribution in [0.2, 0.25) is 0 Å². The Hall–Kier alpha value is -2.60. The number of allylic oxidation sites excluding steroid dienone is 5. The summed E-state index contributed by atoms with van der Waals surface area (Å²) in [4.78, 5) is 22.5. The van der Waals surface area contributed by atoms with Crippen molar-refractivity contribution in [2.75, 3.05) is 0 Å². The predicted molar refractivity (Wildman–Crippen MR) is 119 cm³/mol. The fourth-order valence-electron chi connectivity index (χ4n) is 3.51. The molecule has 0 spiro atoms.